The fourth-order valence-corrected chi connectivity index (χ4v) is 16.3. The van der Waals surface area contributed by atoms with Crippen molar-refractivity contribution in [2.24, 2.45) is 5.92 Å². The minimum absolute atomic E-state index is 0.350. The average molecular weight is 735 g/mol. The molecule has 0 heterocycles. The number of hydrogen-bond donors (Lipinski definition) is 0. The van der Waals surface area contributed by atoms with Crippen molar-refractivity contribution in [2.45, 2.75) is 88.5 Å². The number of hydrogen-bond acceptors (Lipinski definition) is 0. The van der Waals surface area contributed by atoms with Gasteiger partial charge in [-0.2, -0.15) is 0 Å². The molecule has 0 N–H and O–H groups in total. The Morgan fingerprint density at radius 1 is 0.364 bits per heavy atom. The van der Waals surface area contributed by atoms with Crippen LogP contribution in [0, 0.1) is 47.5 Å². The average Bonchev–Trinajstić information content (AvgIpc) is 3.39. The fraction of sp³-hybridized carbons (Fsp3) is 0.259. The minimum atomic E-state index is -2.94. The minimum Gasteiger partial charge on any atom is -0.0636 e. The lowest BCUT2D eigenvalue weighted by molar-refractivity contribution is 0.851. The molecule has 0 amide bonds. The van der Waals surface area contributed by atoms with Crippen molar-refractivity contribution in [1.82, 2.24) is 0 Å². The molecule has 6 aromatic rings. The van der Waals surface area contributed by atoms with Crippen molar-refractivity contribution in [2.75, 3.05) is 0 Å². The smallest absolute Gasteiger partial charge is 0.0636 e. The molecule has 1 unspecified atom stereocenters. The van der Waals surface area contributed by atoms with Crippen LogP contribution in [-0.2, 0) is 19.3 Å². The lowest BCUT2D eigenvalue weighted by Gasteiger charge is -2.42. The Kier molecular flexibility index (Phi) is 10.9. The maximum atomic E-state index is 2.57. The Hall–Kier alpha value is -4.98. The lowest BCUT2D eigenvalue weighted by atomic mass is 9.97. The monoisotopic (exact) mass is 734 g/mol. The lowest BCUT2D eigenvalue weighted by Crippen LogP contribution is -2.71. The Bertz CT molecular complexity index is 2190. The molecular weight excluding hydrogens is 677 g/mol. The molecule has 7 rings (SSSR count). The van der Waals surface area contributed by atoms with Gasteiger partial charge in [0, 0.05) is 0 Å². The maximum Gasteiger partial charge on any atom is 0.177 e. The fourth-order valence-electron chi connectivity index (χ4n) is 9.71. The molecule has 1 heteroatoms. The summed E-state index contributed by atoms with van der Waals surface area (Å²) in [6, 6.07) is 48.1. The summed E-state index contributed by atoms with van der Waals surface area (Å²) in [4.78, 5) is 0. The topological polar surface area (TPSA) is 0 Å². The molecule has 1 aliphatic rings. The van der Waals surface area contributed by atoms with Gasteiger partial charge < -0.3 is 0 Å². The maximum absolute atomic E-state index is 2.94. The molecular formula is C54H58Si. The Labute approximate surface area is 332 Å². The van der Waals surface area contributed by atoms with Crippen molar-refractivity contribution in [1.29, 1.82) is 0 Å². The van der Waals surface area contributed by atoms with E-state index in [1.807, 2.05) is 0 Å². The summed E-state index contributed by atoms with van der Waals surface area (Å²) >= 11 is 0. The first-order chi connectivity index (χ1) is 26.4. The third kappa shape index (κ3) is 6.82. The molecule has 0 fully saturated rings. The van der Waals surface area contributed by atoms with Gasteiger partial charge in [-0.1, -0.05) is 151 Å². The van der Waals surface area contributed by atoms with Gasteiger partial charge in [-0.15, -0.1) is 0 Å². The third-order valence-electron chi connectivity index (χ3n) is 13.7. The van der Waals surface area contributed by atoms with Gasteiger partial charge >= 0.3 is 0 Å². The van der Waals surface area contributed by atoms with Gasteiger partial charge in [0.25, 0.3) is 0 Å². The van der Waals surface area contributed by atoms with E-state index in [1.165, 1.54) is 83.5 Å². The zero-order chi connectivity index (χ0) is 39.0. The first-order valence-electron chi connectivity index (χ1n) is 20.2. The van der Waals surface area contributed by atoms with Crippen molar-refractivity contribution in [3.05, 3.63) is 216 Å². The summed E-state index contributed by atoms with van der Waals surface area (Å²) in [7, 11) is -2.94. The first kappa shape index (κ1) is 38.3. The van der Waals surface area contributed by atoms with Gasteiger partial charge in [0.15, 0.2) is 8.07 Å². The molecule has 0 aliphatic heterocycles. The van der Waals surface area contributed by atoms with E-state index in [4.69, 9.17) is 0 Å². The molecule has 1 aliphatic carbocycles. The molecule has 0 saturated carbocycles. The summed E-state index contributed by atoms with van der Waals surface area (Å²) in [5, 5.41) is 6.30. The number of rotatable bonds is 10. The van der Waals surface area contributed by atoms with Gasteiger partial charge in [0.05, 0.1) is 0 Å². The SMILES string of the molecule is CC1=C(C)C(C)C([Si](c2ccc(Cc3ccccc3)c(C)c2C)(c2ccc(Cc3ccccc3)c(C)c2C)c2ccc(Cc3ccccc3)c(C)c2C)=C1C. The second kappa shape index (κ2) is 15.6. The zero-order valence-corrected chi connectivity index (χ0v) is 35.8. The van der Waals surface area contributed by atoms with Gasteiger partial charge in [-0.05, 0) is 175 Å². The number of benzene rings is 6. The van der Waals surface area contributed by atoms with E-state index < -0.39 is 8.07 Å². The van der Waals surface area contributed by atoms with Crippen LogP contribution in [0.5, 0.6) is 0 Å². The van der Waals surface area contributed by atoms with Crippen LogP contribution in [0.25, 0.3) is 0 Å². The number of allylic oxidation sites excluding steroid dienone is 4. The van der Waals surface area contributed by atoms with Crippen LogP contribution in [0.1, 0.15) is 94.5 Å². The van der Waals surface area contributed by atoms with E-state index >= 15 is 0 Å². The highest BCUT2D eigenvalue weighted by molar-refractivity contribution is 7.17. The molecule has 0 radical (unpaired) electrons. The summed E-state index contributed by atoms with van der Waals surface area (Å²) in [5.74, 6) is 0.350. The standard InChI is InChI=1S/C54H58Si/c1-35-36(2)44(10)54(43(35)9)55(51-29-26-48(37(3)40(51)6)32-45-20-14-11-15-21-45,52-30-27-49(38(4)41(52)7)33-46-22-16-12-17-23-46)53-31-28-50(39(5)42(53)8)34-47-24-18-13-19-25-47/h11-31,43H,32-34H2,1-10H3. The molecule has 1 atom stereocenters. The van der Waals surface area contributed by atoms with Gasteiger partial charge in [-0.3, -0.25) is 0 Å². The third-order valence-corrected chi connectivity index (χ3v) is 19.3. The first-order valence-corrected chi connectivity index (χ1v) is 22.2. The molecule has 0 nitrogen and oxygen atoms in total. The highest BCUT2D eigenvalue weighted by atomic mass is 28.3. The van der Waals surface area contributed by atoms with Crippen LogP contribution in [0.15, 0.2) is 149 Å². The highest BCUT2D eigenvalue weighted by Gasteiger charge is 2.50. The van der Waals surface area contributed by atoms with Crippen LogP contribution in [0.2, 0.25) is 0 Å². The molecule has 55 heavy (non-hydrogen) atoms. The Balaban J connectivity index is 1.55. The molecule has 0 aromatic heterocycles. The largest absolute Gasteiger partial charge is 0.177 e. The van der Waals surface area contributed by atoms with Crippen molar-refractivity contribution >= 4 is 23.6 Å². The van der Waals surface area contributed by atoms with Gasteiger partial charge in [0.1, 0.15) is 0 Å². The van der Waals surface area contributed by atoms with E-state index in [-0.39, 0.29) is 0 Å². The van der Waals surface area contributed by atoms with Gasteiger partial charge in [0.2, 0.25) is 0 Å². The Morgan fingerprint density at radius 2 is 0.673 bits per heavy atom. The second-order valence-electron chi connectivity index (χ2n) is 16.4. The predicted molar refractivity (Wildman–Crippen MR) is 240 cm³/mol. The van der Waals surface area contributed by atoms with E-state index in [9.17, 15) is 0 Å². The molecule has 0 saturated heterocycles. The van der Waals surface area contributed by atoms with E-state index in [1.54, 1.807) is 20.8 Å². The summed E-state index contributed by atoms with van der Waals surface area (Å²) < 4.78 is 0. The van der Waals surface area contributed by atoms with Crippen LogP contribution in [0.3, 0.4) is 0 Å². The normalized spacial score (nSPS) is 14.6. The van der Waals surface area contributed by atoms with E-state index in [0.717, 1.165) is 19.3 Å². The van der Waals surface area contributed by atoms with Crippen molar-refractivity contribution in [3.8, 4) is 0 Å². The quantitative estimate of drug-likeness (QED) is 0.0971. The highest BCUT2D eigenvalue weighted by Crippen LogP contribution is 2.43. The summed E-state index contributed by atoms with van der Waals surface area (Å²) in [6.45, 7) is 24.1. The molecule has 278 valence electrons. The molecule has 0 spiro atoms. The van der Waals surface area contributed by atoms with Crippen LogP contribution in [-0.4, -0.2) is 8.07 Å². The van der Waals surface area contributed by atoms with Crippen molar-refractivity contribution < 1.29 is 0 Å². The summed E-state index contributed by atoms with van der Waals surface area (Å²) in [5.41, 5.74) is 21.5. The summed E-state index contributed by atoms with van der Waals surface area (Å²) in [6.07, 6.45) is 2.83. The molecule has 6 aromatic carbocycles. The zero-order valence-electron chi connectivity index (χ0n) is 34.8. The van der Waals surface area contributed by atoms with Crippen LogP contribution in [0.4, 0.5) is 0 Å². The van der Waals surface area contributed by atoms with Crippen molar-refractivity contribution in [3.63, 3.8) is 0 Å². The second-order valence-corrected chi connectivity index (χ2v) is 20.0. The van der Waals surface area contributed by atoms with Crippen LogP contribution < -0.4 is 15.6 Å². The van der Waals surface area contributed by atoms with Gasteiger partial charge in [-0.25, -0.2) is 0 Å². The predicted octanol–water partition coefficient (Wildman–Crippen LogP) is 11.6. The molecule has 0 bridgehead atoms. The van der Waals surface area contributed by atoms with Crippen LogP contribution >= 0.6 is 0 Å². The van der Waals surface area contributed by atoms with E-state index in [2.05, 4.69) is 197 Å². The Morgan fingerprint density at radius 3 is 0.945 bits per heavy atom. The van der Waals surface area contributed by atoms with E-state index in [0.29, 0.717) is 5.92 Å².